The number of rotatable bonds is 4. The average Bonchev–Trinajstić information content (AvgIpc) is 2.39. The van der Waals surface area contributed by atoms with Crippen molar-refractivity contribution in [1.82, 2.24) is 5.43 Å². The lowest BCUT2D eigenvalue weighted by atomic mass is 9.99. The predicted octanol–water partition coefficient (Wildman–Crippen LogP) is 2.53. The van der Waals surface area contributed by atoms with Gasteiger partial charge >= 0.3 is 0 Å². The zero-order valence-electron chi connectivity index (χ0n) is 10.4. The van der Waals surface area contributed by atoms with Gasteiger partial charge in [-0.1, -0.05) is 12.1 Å². The van der Waals surface area contributed by atoms with E-state index >= 15 is 0 Å². The number of nitrogens with one attached hydrogen (secondary N) is 1. The highest BCUT2D eigenvalue weighted by atomic mass is 19.1. The van der Waals surface area contributed by atoms with E-state index in [4.69, 9.17) is 10.6 Å². The summed E-state index contributed by atoms with van der Waals surface area (Å²) in [6.45, 7) is 0. The Labute approximate surface area is 110 Å². The third-order valence-corrected chi connectivity index (χ3v) is 2.83. The van der Waals surface area contributed by atoms with E-state index < -0.39 is 17.7 Å². The van der Waals surface area contributed by atoms with Crippen LogP contribution < -0.4 is 16.0 Å². The molecule has 0 bridgehead atoms. The average molecular weight is 264 g/mol. The maximum absolute atomic E-state index is 13.2. The summed E-state index contributed by atoms with van der Waals surface area (Å²) in [6, 6.07) is 9.92. The smallest absolute Gasteiger partial charge is 0.126 e. The first-order valence-electron chi connectivity index (χ1n) is 5.70. The van der Waals surface area contributed by atoms with E-state index in [1.165, 1.54) is 12.1 Å². The first-order chi connectivity index (χ1) is 9.13. The SMILES string of the molecule is COc1ccc(C(NN)c2cc(F)cc(F)c2)cc1. The van der Waals surface area contributed by atoms with Crippen LogP contribution in [0.4, 0.5) is 8.78 Å². The van der Waals surface area contributed by atoms with Crippen LogP contribution in [0.1, 0.15) is 17.2 Å². The molecular weight excluding hydrogens is 250 g/mol. The molecule has 5 heteroatoms. The molecule has 0 saturated heterocycles. The fraction of sp³-hybridized carbons (Fsp3) is 0.143. The standard InChI is InChI=1S/C14H14F2N2O/c1-19-13-4-2-9(3-5-13)14(18-17)10-6-11(15)8-12(16)7-10/h2-8,14,18H,17H2,1H3. The number of benzene rings is 2. The van der Waals surface area contributed by atoms with Gasteiger partial charge in [0, 0.05) is 6.07 Å². The Morgan fingerprint density at radius 1 is 1.00 bits per heavy atom. The molecule has 1 atom stereocenters. The Hall–Kier alpha value is -1.98. The number of ether oxygens (including phenoxy) is 1. The Morgan fingerprint density at radius 3 is 2.05 bits per heavy atom. The molecule has 1 unspecified atom stereocenters. The van der Waals surface area contributed by atoms with E-state index in [0.29, 0.717) is 11.3 Å². The monoisotopic (exact) mass is 264 g/mol. The van der Waals surface area contributed by atoms with Crippen LogP contribution in [0.3, 0.4) is 0 Å². The van der Waals surface area contributed by atoms with E-state index in [-0.39, 0.29) is 0 Å². The second-order valence-electron chi connectivity index (χ2n) is 4.08. The van der Waals surface area contributed by atoms with Crippen LogP contribution in [0.5, 0.6) is 5.75 Å². The number of methoxy groups -OCH3 is 1. The molecule has 0 heterocycles. The van der Waals surface area contributed by atoms with Crippen molar-refractivity contribution in [2.24, 2.45) is 5.84 Å². The lowest BCUT2D eigenvalue weighted by molar-refractivity contribution is 0.414. The first-order valence-corrected chi connectivity index (χ1v) is 5.70. The maximum Gasteiger partial charge on any atom is 0.126 e. The molecule has 0 aliphatic rings. The Kier molecular flexibility index (Phi) is 4.09. The van der Waals surface area contributed by atoms with Crippen molar-refractivity contribution in [3.05, 3.63) is 65.2 Å². The minimum atomic E-state index is -0.635. The van der Waals surface area contributed by atoms with Gasteiger partial charge in [0.25, 0.3) is 0 Å². The molecule has 0 fully saturated rings. The van der Waals surface area contributed by atoms with Gasteiger partial charge in [0.2, 0.25) is 0 Å². The number of hydrogen-bond acceptors (Lipinski definition) is 3. The molecule has 3 N–H and O–H groups in total. The highest BCUT2D eigenvalue weighted by molar-refractivity contribution is 5.35. The summed E-state index contributed by atoms with van der Waals surface area (Å²) in [5.74, 6) is 4.91. The summed E-state index contributed by atoms with van der Waals surface area (Å²) < 4.78 is 31.5. The molecule has 0 radical (unpaired) electrons. The van der Waals surface area contributed by atoms with Crippen molar-refractivity contribution in [3.8, 4) is 5.75 Å². The quantitative estimate of drug-likeness (QED) is 0.659. The van der Waals surface area contributed by atoms with Crippen molar-refractivity contribution >= 4 is 0 Å². The molecule has 0 amide bonds. The molecule has 19 heavy (non-hydrogen) atoms. The molecule has 2 aromatic rings. The fourth-order valence-corrected chi connectivity index (χ4v) is 1.92. The van der Waals surface area contributed by atoms with Crippen LogP contribution in [-0.4, -0.2) is 7.11 Å². The summed E-state index contributed by atoms with van der Waals surface area (Å²) >= 11 is 0. The van der Waals surface area contributed by atoms with Crippen molar-refractivity contribution < 1.29 is 13.5 Å². The second-order valence-corrected chi connectivity index (χ2v) is 4.08. The van der Waals surface area contributed by atoms with Gasteiger partial charge in [-0.3, -0.25) is 5.84 Å². The lowest BCUT2D eigenvalue weighted by Crippen LogP contribution is -2.29. The Morgan fingerprint density at radius 2 is 1.58 bits per heavy atom. The van der Waals surface area contributed by atoms with Crippen LogP contribution in [0.15, 0.2) is 42.5 Å². The minimum Gasteiger partial charge on any atom is -0.497 e. The van der Waals surface area contributed by atoms with E-state index in [9.17, 15) is 8.78 Å². The molecule has 0 aliphatic heterocycles. The van der Waals surface area contributed by atoms with Gasteiger partial charge in [0.1, 0.15) is 17.4 Å². The zero-order chi connectivity index (χ0) is 13.8. The van der Waals surface area contributed by atoms with Gasteiger partial charge in [-0.25, -0.2) is 14.2 Å². The molecule has 2 rings (SSSR count). The van der Waals surface area contributed by atoms with Gasteiger partial charge in [-0.2, -0.15) is 0 Å². The van der Waals surface area contributed by atoms with E-state index in [1.807, 2.05) is 0 Å². The van der Waals surface area contributed by atoms with Gasteiger partial charge < -0.3 is 4.74 Å². The van der Waals surface area contributed by atoms with E-state index in [1.54, 1.807) is 31.4 Å². The van der Waals surface area contributed by atoms with Gasteiger partial charge in [0.15, 0.2) is 0 Å². The van der Waals surface area contributed by atoms with Crippen molar-refractivity contribution in [2.75, 3.05) is 7.11 Å². The van der Waals surface area contributed by atoms with Crippen LogP contribution in [-0.2, 0) is 0 Å². The van der Waals surface area contributed by atoms with Crippen LogP contribution in [0, 0.1) is 11.6 Å². The number of nitrogens with two attached hydrogens (primary N) is 1. The van der Waals surface area contributed by atoms with Crippen molar-refractivity contribution in [2.45, 2.75) is 6.04 Å². The number of halogens is 2. The molecule has 2 aromatic carbocycles. The summed E-state index contributed by atoms with van der Waals surface area (Å²) in [6.07, 6.45) is 0. The van der Waals surface area contributed by atoms with Crippen LogP contribution in [0.2, 0.25) is 0 Å². The summed E-state index contributed by atoms with van der Waals surface area (Å²) in [7, 11) is 1.57. The third-order valence-electron chi connectivity index (χ3n) is 2.83. The molecular formula is C14H14F2N2O. The summed E-state index contributed by atoms with van der Waals surface area (Å²) in [5.41, 5.74) is 3.76. The largest absolute Gasteiger partial charge is 0.497 e. The van der Waals surface area contributed by atoms with Crippen LogP contribution in [0.25, 0.3) is 0 Å². The van der Waals surface area contributed by atoms with E-state index in [0.717, 1.165) is 11.6 Å². The normalized spacial score (nSPS) is 12.2. The molecule has 100 valence electrons. The first kappa shape index (κ1) is 13.5. The fourth-order valence-electron chi connectivity index (χ4n) is 1.92. The number of hydrogen-bond donors (Lipinski definition) is 2. The predicted molar refractivity (Wildman–Crippen MR) is 68.5 cm³/mol. The highest BCUT2D eigenvalue weighted by Gasteiger charge is 2.14. The molecule has 3 nitrogen and oxygen atoms in total. The van der Waals surface area contributed by atoms with E-state index in [2.05, 4.69) is 5.43 Å². The zero-order valence-corrected chi connectivity index (χ0v) is 10.4. The van der Waals surface area contributed by atoms with Gasteiger partial charge in [-0.05, 0) is 35.4 Å². The highest BCUT2D eigenvalue weighted by Crippen LogP contribution is 2.24. The molecule has 0 saturated carbocycles. The second kappa shape index (κ2) is 5.77. The summed E-state index contributed by atoms with van der Waals surface area (Å²) in [4.78, 5) is 0. The van der Waals surface area contributed by atoms with Crippen molar-refractivity contribution in [1.29, 1.82) is 0 Å². The number of hydrazine groups is 1. The third kappa shape index (κ3) is 3.07. The topological polar surface area (TPSA) is 47.3 Å². The summed E-state index contributed by atoms with van der Waals surface area (Å²) in [5, 5.41) is 0. The maximum atomic E-state index is 13.2. The van der Waals surface area contributed by atoms with Gasteiger partial charge in [-0.15, -0.1) is 0 Å². The Bertz CT molecular complexity index is 538. The van der Waals surface area contributed by atoms with Crippen LogP contribution >= 0.6 is 0 Å². The lowest BCUT2D eigenvalue weighted by Gasteiger charge is -2.17. The van der Waals surface area contributed by atoms with Gasteiger partial charge in [0.05, 0.1) is 13.2 Å². The molecule has 0 spiro atoms. The molecule has 0 aliphatic carbocycles. The van der Waals surface area contributed by atoms with Crippen molar-refractivity contribution in [3.63, 3.8) is 0 Å². The minimum absolute atomic E-state index is 0.421. The molecule has 0 aromatic heterocycles. The Balaban J connectivity index is 2.37.